The highest BCUT2D eigenvalue weighted by atomic mass is 16.2. The molecule has 5 nitrogen and oxygen atoms in total. The summed E-state index contributed by atoms with van der Waals surface area (Å²) in [7, 11) is 2.07. The van der Waals surface area contributed by atoms with Crippen LogP contribution in [0.5, 0.6) is 0 Å². The van der Waals surface area contributed by atoms with Crippen LogP contribution < -0.4 is 9.80 Å². The number of hydrogen-bond donors (Lipinski definition) is 0. The second-order valence-electron chi connectivity index (χ2n) is 7.35. The van der Waals surface area contributed by atoms with Gasteiger partial charge in [-0.2, -0.15) is 0 Å². The number of hydrogen-bond acceptors (Lipinski definition) is 4. The summed E-state index contributed by atoms with van der Waals surface area (Å²) >= 11 is 0. The molecule has 148 valence electrons. The van der Waals surface area contributed by atoms with Crippen molar-refractivity contribution in [3.63, 3.8) is 0 Å². The Kier molecular flexibility index (Phi) is 6.34. The Morgan fingerprint density at radius 3 is 2.00 bits per heavy atom. The molecule has 0 saturated carbocycles. The molecule has 1 amide bonds. The molecule has 2 aromatic carbocycles. The number of piperazine rings is 1. The molecular weight excluding hydrogens is 350 g/mol. The molecule has 0 spiro atoms. The van der Waals surface area contributed by atoms with Crippen molar-refractivity contribution in [2.75, 3.05) is 49.6 Å². The normalized spacial score (nSPS) is 14.1. The van der Waals surface area contributed by atoms with Gasteiger partial charge in [0.25, 0.3) is 5.91 Å². The molecule has 0 aliphatic carbocycles. The minimum absolute atomic E-state index is 0.0777. The van der Waals surface area contributed by atoms with Crippen LogP contribution >= 0.6 is 0 Å². The zero-order chi connectivity index (χ0) is 20.1. The van der Waals surface area contributed by atoms with E-state index in [1.165, 1.54) is 0 Å². The average molecular weight is 380 g/mol. The molecular formula is C23H29N3O2. The van der Waals surface area contributed by atoms with Crippen LogP contribution in [0.4, 0.5) is 11.4 Å². The maximum atomic E-state index is 12.8. The zero-order valence-corrected chi connectivity index (χ0v) is 17.0. The third kappa shape index (κ3) is 4.53. The van der Waals surface area contributed by atoms with Crippen LogP contribution in [0.25, 0.3) is 0 Å². The second-order valence-corrected chi connectivity index (χ2v) is 7.35. The molecule has 1 heterocycles. The van der Waals surface area contributed by atoms with Crippen LogP contribution in [0, 0.1) is 0 Å². The number of carbonyl (C=O) groups is 2. The molecule has 0 bridgehead atoms. The van der Waals surface area contributed by atoms with Gasteiger partial charge in [-0.15, -0.1) is 0 Å². The Hall–Kier alpha value is -2.82. The monoisotopic (exact) mass is 379 g/mol. The smallest absolute Gasteiger partial charge is 0.253 e. The number of ketones is 1. The number of nitrogens with zero attached hydrogens (tertiary/aromatic N) is 3. The molecule has 0 radical (unpaired) electrons. The van der Waals surface area contributed by atoms with Crippen LogP contribution in [0.3, 0.4) is 0 Å². The lowest BCUT2D eigenvalue weighted by Gasteiger charge is -2.36. The van der Waals surface area contributed by atoms with Gasteiger partial charge in [0.15, 0.2) is 5.78 Å². The summed E-state index contributed by atoms with van der Waals surface area (Å²) in [4.78, 5) is 30.6. The summed E-state index contributed by atoms with van der Waals surface area (Å²) in [5.41, 5.74) is 3.70. The van der Waals surface area contributed by atoms with Gasteiger partial charge >= 0.3 is 0 Å². The van der Waals surface area contributed by atoms with E-state index in [0.717, 1.165) is 48.6 Å². The van der Waals surface area contributed by atoms with Crippen molar-refractivity contribution in [2.24, 2.45) is 0 Å². The fourth-order valence-electron chi connectivity index (χ4n) is 3.58. The van der Waals surface area contributed by atoms with Crippen LogP contribution in [0.1, 0.15) is 41.0 Å². The molecule has 1 aliphatic rings. The van der Waals surface area contributed by atoms with Crippen molar-refractivity contribution in [1.29, 1.82) is 0 Å². The maximum Gasteiger partial charge on any atom is 0.253 e. The highest BCUT2D eigenvalue weighted by molar-refractivity contribution is 5.95. The van der Waals surface area contributed by atoms with E-state index >= 15 is 0 Å². The Morgan fingerprint density at radius 1 is 0.893 bits per heavy atom. The van der Waals surface area contributed by atoms with Gasteiger partial charge in [-0.3, -0.25) is 9.59 Å². The van der Waals surface area contributed by atoms with Gasteiger partial charge in [-0.05, 0) is 61.9 Å². The SMILES string of the molecule is CCCN(C)c1ccc(C(=O)N2CCN(c3ccc(C(C)=O)cc3)CC2)cc1. The molecule has 2 aromatic rings. The predicted molar refractivity (Wildman–Crippen MR) is 115 cm³/mol. The number of benzene rings is 2. The third-order valence-corrected chi connectivity index (χ3v) is 5.32. The van der Waals surface area contributed by atoms with E-state index in [1.54, 1.807) is 6.92 Å². The fourth-order valence-corrected chi connectivity index (χ4v) is 3.58. The minimum Gasteiger partial charge on any atom is -0.375 e. The van der Waals surface area contributed by atoms with E-state index < -0.39 is 0 Å². The molecule has 0 atom stereocenters. The van der Waals surface area contributed by atoms with E-state index in [1.807, 2.05) is 53.4 Å². The molecule has 0 unspecified atom stereocenters. The third-order valence-electron chi connectivity index (χ3n) is 5.32. The summed E-state index contributed by atoms with van der Waals surface area (Å²) in [6.45, 7) is 7.72. The second kappa shape index (κ2) is 8.91. The number of anilines is 2. The quantitative estimate of drug-likeness (QED) is 0.718. The molecule has 1 fully saturated rings. The number of rotatable bonds is 6. The Balaban J connectivity index is 1.58. The van der Waals surface area contributed by atoms with Crippen molar-refractivity contribution in [3.05, 3.63) is 59.7 Å². The lowest BCUT2D eigenvalue weighted by Crippen LogP contribution is -2.48. The average Bonchev–Trinajstić information content (AvgIpc) is 2.74. The van der Waals surface area contributed by atoms with Crippen molar-refractivity contribution >= 4 is 23.1 Å². The lowest BCUT2D eigenvalue weighted by atomic mass is 10.1. The van der Waals surface area contributed by atoms with Gasteiger partial charge in [0.2, 0.25) is 0 Å². The molecule has 0 N–H and O–H groups in total. The topological polar surface area (TPSA) is 43.9 Å². The molecule has 5 heteroatoms. The predicted octanol–water partition coefficient (Wildman–Crippen LogP) is 3.70. The van der Waals surface area contributed by atoms with Gasteiger partial charge in [-0.1, -0.05) is 6.92 Å². The first-order chi connectivity index (χ1) is 13.5. The molecule has 1 aliphatic heterocycles. The van der Waals surface area contributed by atoms with Crippen LogP contribution in [0.15, 0.2) is 48.5 Å². The van der Waals surface area contributed by atoms with Gasteiger partial charge in [0.05, 0.1) is 0 Å². The van der Waals surface area contributed by atoms with Crippen molar-refractivity contribution < 1.29 is 9.59 Å². The summed E-state index contributed by atoms with van der Waals surface area (Å²) < 4.78 is 0. The van der Waals surface area contributed by atoms with E-state index in [0.29, 0.717) is 13.1 Å². The molecule has 3 rings (SSSR count). The van der Waals surface area contributed by atoms with Crippen molar-refractivity contribution in [1.82, 2.24) is 4.90 Å². The van der Waals surface area contributed by atoms with Crippen LogP contribution in [-0.4, -0.2) is 56.4 Å². The Morgan fingerprint density at radius 2 is 1.46 bits per heavy atom. The Bertz CT molecular complexity index is 807. The lowest BCUT2D eigenvalue weighted by molar-refractivity contribution is 0.0746. The highest BCUT2D eigenvalue weighted by Gasteiger charge is 2.22. The largest absolute Gasteiger partial charge is 0.375 e. The maximum absolute atomic E-state index is 12.8. The van der Waals surface area contributed by atoms with Crippen LogP contribution in [-0.2, 0) is 0 Å². The van der Waals surface area contributed by atoms with Crippen molar-refractivity contribution in [2.45, 2.75) is 20.3 Å². The number of amides is 1. The first-order valence-electron chi connectivity index (χ1n) is 9.96. The molecule has 0 aromatic heterocycles. The van der Waals surface area contributed by atoms with Crippen molar-refractivity contribution in [3.8, 4) is 0 Å². The molecule has 28 heavy (non-hydrogen) atoms. The first-order valence-corrected chi connectivity index (χ1v) is 9.96. The summed E-state index contributed by atoms with van der Waals surface area (Å²) in [6, 6.07) is 15.6. The summed E-state index contributed by atoms with van der Waals surface area (Å²) in [6.07, 6.45) is 1.10. The van der Waals surface area contributed by atoms with E-state index in [2.05, 4.69) is 23.8 Å². The van der Waals surface area contributed by atoms with Gasteiger partial charge in [0.1, 0.15) is 0 Å². The van der Waals surface area contributed by atoms with E-state index in [9.17, 15) is 9.59 Å². The zero-order valence-electron chi connectivity index (χ0n) is 17.0. The number of Topliss-reactive ketones (excluding diaryl/α,β-unsaturated/α-hetero) is 1. The van der Waals surface area contributed by atoms with Crippen LogP contribution in [0.2, 0.25) is 0 Å². The van der Waals surface area contributed by atoms with E-state index in [4.69, 9.17) is 0 Å². The molecule has 1 saturated heterocycles. The standard InChI is InChI=1S/C23H29N3O2/c1-4-13-24(3)21-9-7-20(8-10-21)23(28)26-16-14-25(15-17-26)22-11-5-19(6-12-22)18(2)27/h5-12H,4,13-17H2,1-3H3. The summed E-state index contributed by atoms with van der Waals surface area (Å²) in [5.74, 6) is 0.171. The Labute approximate surface area is 167 Å². The number of carbonyl (C=O) groups excluding carboxylic acids is 2. The highest BCUT2D eigenvalue weighted by Crippen LogP contribution is 2.20. The van der Waals surface area contributed by atoms with Gasteiger partial charge in [-0.25, -0.2) is 0 Å². The van der Waals surface area contributed by atoms with E-state index in [-0.39, 0.29) is 11.7 Å². The minimum atomic E-state index is 0.0777. The van der Waals surface area contributed by atoms with Gasteiger partial charge in [0, 0.05) is 62.3 Å². The van der Waals surface area contributed by atoms with Gasteiger partial charge < -0.3 is 14.7 Å². The first kappa shape index (κ1) is 19.9. The summed E-state index contributed by atoms with van der Waals surface area (Å²) in [5, 5.41) is 0. The fraction of sp³-hybridized carbons (Fsp3) is 0.391.